The molecule has 80 valence electrons. The van der Waals surface area contributed by atoms with Gasteiger partial charge in [-0.15, -0.1) is 0 Å². The summed E-state index contributed by atoms with van der Waals surface area (Å²) in [5.41, 5.74) is 8.13. The predicted octanol–water partition coefficient (Wildman–Crippen LogP) is 2.47. The molecule has 1 atom stereocenters. The topological polar surface area (TPSA) is 49.8 Å². The van der Waals surface area contributed by atoms with Gasteiger partial charge in [-0.05, 0) is 24.7 Å². The second-order valence-corrected chi connectivity index (χ2v) is 4.67. The van der Waals surface area contributed by atoms with Gasteiger partial charge >= 0.3 is 0 Å². The van der Waals surface area contributed by atoms with E-state index >= 15 is 0 Å². The van der Waals surface area contributed by atoms with Gasteiger partial charge in [-0.2, -0.15) is 17.0 Å². The van der Waals surface area contributed by atoms with Gasteiger partial charge in [0, 0.05) is 5.75 Å². The lowest BCUT2D eigenvalue weighted by Gasteiger charge is -2.04. The highest BCUT2D eigenvalue weighted by atomic mass is 32.2. The Morgan fingerprint density at radius 2 is 2.33 bits per heavy atom. The molecule has 1 unspecified atom stereocenters. The monoisotopic (exact) mass is 220 g/mol. The lowest BCUT2D eigenvalue weighted by atomic mass is 10.2. The van der Waals surface area contributed by atoms with Crippen molar-refractivity contribution in [2.75, 3.05) is 5.75 Å². The largest absolute Gasteiger partial charge is 0.316 e. The number of benzene rings is 1. The van der Waals surface area contributed by atoms with E-state index in [0.29, 0.717) is 0 Å². The van der Waals surface area contributed by atoms with Crippen molar-refractivity contribution >= 4 is 11.8 Å². The molecule has 0 heterocycles. The highest BCUT2D eigenvalue weighted by molar-refractivity contribution is 7.98. The van der Waals surface area contributed by atoms with Crippen molar-refractivity contribution in [3.63, 3.8) is 0 Å². The van der Waals surface area contributed by atoms with Crippen molar-refractivity contribution in [3.05, 3.63) is 35.4 Å². The first kappa shape index (κ1) is 12.1. The van der Waals surface area contributed by atoms with E-state index in [1.807, 2.05) is 17.8 Å². The predicted molar refractivity (Wildman–Crippen MR) is 65.5 cm³/mol. The highest BCUT2D eigenvalue weighted by Crippen LogP contribution is 2.14. The van der Waals surface area contributed by atoms with Crippen LogP contribution in [0, 0.1) is 18.3 Å². The van der Waals surface area contributed by atoms with Crippen molar-refractivity contribution in [1.82, 2.24) is 0 Å². The first-order chi connectivity index (χ1) is 7.22. The van der Waals surface area contributed by atoms with E-state index in [-0.39, 0.29) is 6.04 Å². The molecule has 0 amide bonds. The van der Waals surface area contributed by atoms with Gasteiger partial charge in [0.15, 0.2) is 0 Å². The van der Waals surface area contributed by atoms with Gasteiger partial charge in [-0.25, -0.2) is 0 Å². The quantitative estimate of drug-likeness (QED) is 0.775. The minimum absolute atomic E-state index is 0.310. The maximum atomic E-state index is 8.50. The molecule has 0 fully saturated rings. The Morgan fingerprint density at radius 1 is 1.53 bits per heavy atom. The summed E-state index contributed by atoms with van der Waals surface area (Å²) in [6.07, 6.45) is 0.771. The molecule has 0 aliphatic rings. The molecule has 0 aliphatic heterocycles. The molecule has 1 aromatic rings. The van der Waals surface area contributed by atoms with Crippen LogP contribution in [0.15, 0.2) is 24.3 Å². The van der Waals surface area contributed by atoms with Gasteiger partial charge in [0.2, 0.25) is 0 Å². The Balaban J connectivity index is 2.24. The van der Waals surface area contributed by atoms with Crippen LogP contribution in [0.1, 0.15) is 17.5 Å². The van der Waals surface area contributed by atoms with Crippen LogP contribution in [0.3, 0.4) is 0 Å². The molecule has 0 saturated carbocycles. The van der Waals surface area contributed by atoms with E-state index < -0.39 is 0 Å². The standard InChI is InChI=1S/C12H16N2S/c1-10-3-2-4-11(7-10)9-15-6-5-12(14)8-13/h2-4,7,12H,5-6,9,14H2,1H3. The second kappa shape index (κ2) is 6.49. The molecule has 0 saturated heterocycles. The first-order valence-electron chi connectivity index (χ1n) is 5.01. The summed E-state index contributed by atoms with van der Waals surface area (Å²) in [6, 6.07) is 10.2. The third-order valence-electron chi connectivity index (χ3n) is 2.09. The van der Waals surface area contributed by atoms with Gasteiger partial charge in [-0.1, -0.05) is 29.8 Å². The first-order valence-corrected chi connectivity index (χ1v) is 6.16. The average Bonchev–Trinajstić information content (AvgIpc) is 2.24. The molecule has 3 heteroatoms. The zero-order valence-corrected chi connectivity index (χ0v) is 9.76. The van der Waals surface area contributed by atoms with Crippen LogP contribution < -0.4 is 5.73 Å². The normalized spacial score (nSPS) is 12.1. The lowest BCUT2D eigenvalue weighted by Crippen LogP contribution is -2.17. The Bertz CT molecular complexity index is 344. The molecular weight excluding hydrogens is 204 g/mol. The molecule has 0 aliphatic carbocycles. The molecule has 1 rings (SSSR count). The number of nitrogens with zero attached hydrogens (tertiary/aromatic N) is 1. The maximum absolute atomic E-state index is 8.50. The summed E-state index contributed by atoms with van der Waals surface area (Å²) in [5, 5.41) is 8.50. The van der Waals surface area contributed by atoms with Gasteiger partial charge < -0.3 is 5.73 Å². The van der Waals surface area contributed by atoms with Crippen LogP contribution in [-0.2, 0) is 5.75 Å². The Labute approximate surface area is 95.5 Å². The number of nitrogens with two attached hydrogens (primary N) is 1. The van der Waals surface area contributed by atoms with Crippen molar-refractivity contribution in [2.45, 2.75) is 25.1 Å². The number of thioether (sulfide) groups is 1. The summed E-state index contributed by atoms with van der Waals surface area (Å²) in [7, 11) is 0. The van der Waals surface area contributed by atoms with E-state index in [0.717, 1.165) is 17.9 Å². The molecule has 15 heavy (non-hydrogen) atoms. The Kier molecular flexibility index (Phi) is 5.23. The highest BCUT2D eigenvalue weighted by Gasteiger charge is 1.99. The summed E-state index contributed by atoms with van der Waals surface area (Å²) in [4.78, 5) is 0. The summed E-state index contributed by atoms with van der Waals surface area (Å²) >= 11 is 1.83. The lowest BCUT2D eigenvalue weighted by molar-refractivity contribution is 0.803. The van der Waals surface area contributed by atoms with Crippen LogP contribution in [0.4, 0.5) is 0 Å². The summed E-state index contributed by atoms with van der Waals surface area (Å²) < 4.78 is 0. The van der Waals surface area contributed by atoms with E-state index in [4.69, 9.17) is 11.0 Å². The van der Waals surface area contributed by atoms with E-state index in [1.165, 1.54) is 11.1 Å². The zero-order chi connectivity index (χ0) is 11.1. The fourth-order valence-electron chi connectivity index (χ4n) is 1.27. The van der Waals surface area contributed by atoms with Crippen LogP contribution in [0.25, 0.3) is 0 Å². The van der Waals surface area contributed by atoms with E-state index in [9.17, 15) is 0 Å². The number of rotatable bonds is 5. The molecule has 0 spiro atoms. The Morgan fingerprint density at radius 3 is 3.00 bits per heavy atom. The fraction of sp³-hybridized carbons (Fsp3) is 0.417. The minimum atomic E-state index is -0.310. The molecule has 2 nitrogen and oxygen atoms in total. The SMILES string of the molecule is Cc1cccc(CSCCC(N)C#N)c1. The molecule has 2 N–H and O–H groups in total. The van der Waals surface area contributed by atoms with Gasteiger partial charge in [0.1, 0.15) is 0 Å². The van der Waals surface area contributed by atoms with Crippen LogP contribution >= 0.6 is 11.8 Å². The third kappa shape index (κ3) is 4.87. The molecule has 0 radical (unpaired) electrons. The van der Waals surface area contributed by atoms with Gasteiger partial charge in [0.25, 0.3) is 0 Å². The molecule has 0 bridgehead atoms. The van der Waals surface area contributed by atoms with Crippen molar-refractivity contribution in [1.29, 1.82) is 5.26 Å². The number of aryl methyl sites for hydroxylation is 1. The zero-order valence-electron chi connectivity index (χ0n) is 8.94. The second-order valence-electron chi connectivity index (χ2n) is 3.57. The van der Waals surface area contributed by atoms with Crippen molar-refractivity contribution < 1.29 is 0 Å². The summed E-state index contributed by atoms with van der Waals surface area (Å²) in [6.45, 7) is 2.10. The number of hydrogen-bond acceptors (Lipinski definition) is 3. The van der Waals surface area contributed by atoms with Gasteiger partial charge in [-0.3, -0.25) is 0 Å². The average molecular weight is 220 g/mol. The maximum Gasteiger partial charge on any atom is 0.0935 e. The third-order valence-corrected chi connectivity index (χ3v) is 3.15. The van der Waals surface area contributed by atoms with Gasteiger partial charge in [0.05, 0.1) is 12.1 Å². The molecule has 1 aromatic carbocycles. The minimum Gasteiger partial charge on any atom is -0.316 e. The van der Waals surface area contributed by atoms with Crippen molar-refractivity contribution in [3.8, 4) is 6.07 Å². The molecular formula is C12H16N2S. The molecule has 0 aromatic heterocycles. The van der Waals surface area contributed by atoms with E-state index in [2.05, 4.69) is 31.2 Å². The summed E-state index contributed by atoms with van der Waals surface area (Å²) in [5.74, 6) is 1.95. The van der Waals surface area contributed by atoms with Crippen LogP contribution in [0.5, 0.6) is 0 Å². The fourth-order valence-corrected chi connectivity index (χ4v) is 2.25. The van der Waals surface area contributed by atoms with Crippen molar-refractivity contribution in [2.24, 2.45) is 5.73 Å². The number of nitriles is 1. The van der Waals surface area contributed by atoms with E-state index in [1.54, 1.807) is 0 Å². The number of hydrogen-bond donors (Lipinski definition) is 1. The van der Waals surface area contributed by atoms with Crippen LogP contribution in [0.2, 0.25) is 0 Å². The Hall–Kier alpha value is -0.980. The smallest absolute Gasteiger partial charge is 0.0935 e. The van der Waals surface area contributed by atoms with Crippen LogP contribution in [-0.4, -0.2) is 11.8 Å².